The van der Waals surface area contributed by atoms with Gasteiger partial charge in [-0.15, -0.1) is 5.10 Å². The van der Waals surface area contributed by atoms with E-state index in [1.807, 2.05) is 13.2 Å². The summed E-state index contributed by atoms with van der Waals surface area (Å²) in [6.07, 6.45) is 6.87. The molecule has 1 aliphatic carbocycles. The molecule has 0 amide bonds. The van der Waals surface area contributed by atoms with Gasteiger partial charge in [-0.1, -0.05) is 24.5 Å². The zero-order valence-electron chi connectivity index (χ0n) is 7.90. The van der Waals surface area contributed by atoms with E-state index in [0.717, 1.165) is 31.4 Å². The molecule has 0 aromatic carbocycles. The standard InChI is InChI=1S/C9H15N3O/c1-12-7-8(10-11-12)9(13)5-3-2-4-6-9/h7,13H,2-6H2,1H3. The number of aryl methyl sites for hydroxylation is 1. The third-order valence-corrected chi connectivity index (χ3v) is 2.76. The first-order valence-electron chi connectivity index (χ1n) is 4.80. The highest BCUT2D eigenvalue weighted by atomic mass is 16.3. The van der Waals surface area contributed by atoms with Gasteiger partial charge >= 0.3 is 0 Å². The first-order valence-corrected chi connectivity index (χ1v) is 4.80. The van der Waals surface area contributed by atoms with Gasteiger partial charge in [-0.25, -0.2) is 0 Å². The van der Waals surface area contributed by atoms with Crippen LogP contribution in [0.3, 0.4) is 0 Å². The Morgan fingerprint density at radius 3 is 2.62 bits per heavy atom. The van der Waals surface area contributed by atoms with Crippen LogP contribution in [0.15, 0.2) is 6.20 Å². The van der Waals surface area contributed by atoms with E-state index >= 15 is 0 Å². The molecule has 4 heteroatoms. The third kappa shape index (κ3) is 1.58. The fourth-order valence-corrected chi connectivity index (χ4v) is 1.95. The molecule has 0 aliphatic heterocycles. The number of hydrogen-bond acceptors (Lipinski definition) is 3. The van der Waals surface area contributed by atoms with Crippen molar-refractivity contribution in [1.82, 2.24) is 15.0 Å². The van der Waals surface area contributed by atoms with Crippen LogP contribution < -0.4 is 0 Å². The van der Waals surface area contributed by atoms with Crippen molar-refractivity contribution in [1.29, 1.82) is 0 Å². The van der Waals surface area contributed by atoms with E-state index in [-0.39, 0.29) is 0 Å². The molecule has 72 valence electrons. The molecule has 1 saturated carbocycles. The first kappa shape index (κ1) is 8.69. The minimum absolute atomic E-state index is 0.702. The molecule has 0 unspecified atom stereocenters. The number of aromatic nitrogens is 3. The lowest BCUT2D eigenvalue weighted by Crippen LogP contribution is -2.28. The fourth-order valence-electron chi connectivity index (χ4n) is 1.95. The SMILES string of the molecule is Cn1cc(C2(O)CCCCC2)nn1. The zero-order valence-corrected chi connectivity index (χ0v) is 7.90. The molecule has 13 heavy (non-hydrogen) atoms. The van der Waals surface area contributed by atoms with Crippen LogP contribution in [-0.2, 0) is 12.6 Å². The molecular formula is C9H15N3O. The van der Waals surface area contributed by atoms with E-state index < -0.39 is 5.60 Å². The monoisotopic (exact) mass is 181 g/mol. The number of aliphatic hydroxyl groups is 1. The predicted molar refractivity (Wildman–Crippen MR) is 48.0 cm³/mol. The van der Waals surface area contributed by atoms with Crippen molar-refractivity contribution in [2.45, 2.75) is 37.7 Å². The Hall–Kier alpha value is -0.900. The smallest absolute Gasteiger partial charge is 0.114 e. The lowest BCUT2D eigenvalue weighted by Gasteiger charge is -2.29. The van der Waals surface area contributed by atoms with Gasteiger partial charge < -0.3 is 5.11 Å². The van der Waals surface area contributed by atoms with Crippen LogP contribution in [0.1, 0.15) is 37.8 Å². The van der Waals surface area contributed by atoms with E-state index in [0.29, 0.717) is 0 Å². The molecule has 0 bridgehead atoms. The van der Waals surface area contributed by atoms with Gasteiger partial charge in [-0.3, -0.25) is 4.68 Å². The zero-order chi connectivity index (χ0) is 9.31. The topological polar surface area (TPSA) is 50.9 Å². The van der Waals surface area contributed by atoms with Crippen molar-refractivity contribution in [3.05, 3.63) is 11.9 Å². The van der Waals surface area contributed by atoms with Crippen molar-refractivity contribution in [3.8, 4) is 0 Å². The Labute approximate surface area is 77.6 Å². The first-order chi connectivity index (χ1) is 6.21. The molecule has 1 aliphatic rings. The highest BCUT2D eigenvalue weighted by Gasteiger charge is 2.33. The summed E-state index contributed by atoms with van der Waals surface area (Å²) in [5.74, 6) is 0. The maximum atomic E-state index is 10.2. The number of nitrogens with zero attached hydrogens (tertiary/aromatic N) is 3. The Morgan fingerprint density at radius 2 is 2.08 bits per heavy atom. The highest BCUT2D eigenvalue weighted by Crippen LogP contribution is 2.35. The van der Waals surface area contributed by atoms with E-state index in [2.05, 4.69) is 10.3 Å². The van der Waals surface area contributed by atoms with Gasteiger partial charge in [0.25, 0.3) is 0 Å². The average molecular weight is 181 g/mol. The molecular weight excluding hydrogens is 166 g/mol. The van der Waals surface area contributed by atoms with Crippen LogP contribution in [0.4, 0.5) is 0 Å². The van der Waals surface area contributed by atoms with Crippen LogP contribution in [0, 0.1) is 0 Å². The van der Waals surface area contributed by atoms with Gasteiger partial charge in [0.1, 0.15) is 11.3 Å². The summed E-state index contributed by atoms with van der Waals surface area (Å²) in [5.41, 5.74) is 0.0293. The van der Waals surface area contributed by atoms with E-state index in [1.54, 1.807) is 4.68 Å². The molecule has 0 atom stereocenters. The normalized spacial score (nSPS) is 21.7. The summed E-state index contributed by atoms with van der Waals surface area (Å²) in [5, 5.41) is 18.1. The Kier molecular flexibility index (Phi) is 2.07. The summed E-state index contributed by atoms with van der Waals surface area (Å²) in [7, 11) is 1.82. The second kappa shape index (κ2) is 3.10. The van der Waals surface area contributed by atoms with Crippen molar-refractivity contribution < 1.29 is 5.11 Å². The highest BCUT2D eigenvalue weighted by molar-refractivity contribution is 5.07. The summed E-state index contributed by atoms with van der Waals surface area (Å²) < 4.78 is 1.64. The number of hydrogen-bond donors (Lipinski definition) is 1. The average Bonchev–Trinajstić information content (AvgIpc) is 2.54. The molecule has 1 aromatic heterocycles. The van der Waals surface area contributed by atoms with Crippen molar-refractivity contribution in [2.75, 3.05) is 0 Å². The fraction of sp³-hybridized carbons (Fsp3) is 0.778. The van der Waals surface area contributed by atoms with Gasteiger partial charge in [0.05, 0.1) is 6.20 Å². The summed E-state index contributed by atoms with van der Waals surface area (Å²) in [4.78, 5) is 0. The Balaban J connectivity index is 2.22. The van der Waals surface area contributed by atoms with E-state index in [1.165, 1.54) is 6.42 Å². The molecule has 2 rings (SSSR count). The summed E-state index contributed by atoms with van der Waals surface area (Å²) in [6, 6.07) is 0. The maximum Gasteiger partial charge on any atom is 0.114 e. The van der Waals surface area contributed by atoms with Gasteiger partial charge in [0.15, 0.2) is 0 Å². The number of rotatable bonds is 1. The van der Waals surface area contributed by atoms with E-state index in [9.17, 15) is 5.11 Å². The summed E-state index contributed by atoms with van der Waals surface area (Å²) >= 11 is 0. The largest absolute Gasteiger partial charge is 0.383 e. The van der Waals surface area contributed by atoms with Gasteiger partial charge in [0.2, 0.25) is 0 Å². The van der Waals surface area contributed by atoms with E-state index in [4.69, 9.17) is 0 Å². The van der Waals surface area contributed by atoms with Crippen LogP contribution in [0.25, 0.3) is 0 Å². The quantitative estimate of drug-likeness (QED) is 0.702. The van der Waals surface area contributed by atoms with Crippen LogP contribution >= 0.6 is 0 Å². The van der Waals surface area contributed by atoms with Crippen molar-refractivity contribution in [3.63, 3.8) is 0 Å². The molecule has 1 aromatic rings. The van der Waals surface area contributed by atoms with Crippen LogP contribution in [-0.4, -0.2) is 20.1 Å². The van der Waals surface area contributed by atoms with Gasteiger partial charge in [0, 0.05) is 7.05 Å². The Morgan fingerprint density at radius 1 is 1.38 bits per heavy atom. The molecule has 1 heterocycles. The lowest BCUT2D eigenvalue weighted by atomic mass is 9.83. The molecule has 0 radical (unpaired) electrons. The van der Waals surface area contributed by atoms with Gasteiger partial charge in [-0.2, -0.15) is 0 Å². The minimum Gasteiger partial charge on any atom is -0.383 e. The van der Waals surface area contributed by atoms with Crippen LogP contribution in [0.2, 0.25) is 0 Å². The molecule has 0 saturated heterocycles. The molecule has 1 fully saturated rings. The molecule has 0 spiro atoms. The predicted octanol–water partition coefficient (Wildman–Crippen LogP) is 0.967. The van der Waals surface area contributed by atoms with Crippen molar-refractivity contribution >= 4 is 0 Å². The van der Waals surface area contributed by atoms with Crippen LogP contribution in [0.5, 0.6) is 0 Å². The third-order valence-electron chi connectivity index (χ3n) is 2.76. The molecule has 4 nitrogen and oxygen atoms in total. The maximum absolute atomic E-state index is 10.2. The second-order valence-corrected chi connectivity index (χ2v) is 3.87. The Bertz CT molecular complexity index is 289. The summed E-state index contributed by atoms with van der Waals surface area (Å²) in [6.45, 7) is 0. The van der Waals surface area contributed by atoms with Crippen molar-refractivity contribution in [2.24, 2.45) is 7.05 Å². The van der Waals surface area contributed by atoms with Gasteiger partial charge in [-0.05, 0) is 12.8 Å². The minimum atomic E-state index is -0.702. The molecule has 1 N–H and O–H groups in total. The lowest BCUT2D eigenvalue weighted by molar-refractivity contribution is -0.00473. The second-order valence-electron chi connectivity index (χ2n) is 3.87.